The zero-order valence-electron chi connectivity index (χ0n) is 27.7. The Kier molecular flexibility index (Phi) is 7.15. The van der Waals surface area contributed by atoms with Crippen LogP contribution in [-0.4, -0.2) is 32.4 Å². The number of imidazole rings is 1. The molecule has 7 heteroatoms. The van der Waals surface area contributed by atoms with Crippen LogP contribution in [0.4, 0.5) is 0 Å². The van der Waals surface area contributed by atoms with E-state index in [9.17, 15) is 0 Å². The zero-order valence-corrected chi connectivity index (χ0v) is 28.7. The van der Waals surface area contributed by atoms with Crippen molar-refractivity contribution < 1.29 is 4.74 Å². The van der Waals surface area contributed by atoms with Gasteiger partial charge in [0.05, 0.1) is 42.2 Å². The van der Waals surface area contributed by atoms with Crippen LogP contribution in [0, 0.1) is 13.8 Å². The van der Waals surface area contributed by atoms with Gasteiger partial charge < -0.3 is 4.74 Å². The van der Waals surface area contributed by atoms with E-state index in [1.807, 2.05) is 59.5 Å². The first-order valence-electron chi connectivity index (χ1n) is 16.2. The van der Waals surface area contributed by atoms with Gasteiger partial charge in [0.2, 0.25) is 0 Å². The number of rotatable bonds is 6. The minimum atomic E-state index is -1.81. The highest BCUT2D eigenvalue weighted by molar-refractivity contribution is 6.89. The molecule has 0 radical (unpaired) electrons. The SMILES string of the molecule is Cc1cccc(C)c1-c1cc(Oc2cc(-c3cc4c(cn3)ncn3c5ccccc5nc43)ccc2[Si](C)(C)C)cc(-c2ccccn2)c1. The van der Waals surface area contributed by atoms with Crippen molar-refractivity contribution in [3.05, 3.63) is 133 Å². The predicted octanol–water partition coefficient (Wildman–Crippen LogP) is 9.78. The molecule has 0 bridgehead atoms. The lowest BCUT2D eigenvalue weighted by Gasteiger charge is -2.22. The number of aromatic nitrogens is 5. The summed E-state index contributed by atoms with van der Waals surface area (Å²) >= 11 is 0. The highest BCUT2D eigenvalue weighted by Crippen LogP contribution is 2.37. The summed E-state index contributed by atoms with van der Waals surface area (Å²) in [6, 6.07) is 35.7. The number of aryl methyl sites for hydroxylation is 2. The Labute approximate surface area is 280 Å². The molecule has 234 valence electrons. The van der Waals surface area contributed by atoms with E-state index >= 15 is 0 Å². The van der Waals surface area contributed by atoms with E-state index in [0.717, 1.165) is 67.2 Å². The lowest BCUT2D eigenvalue weighted by atomic mass is 9.94. The molecule has 0 aliphatic carbocycles. The van der Waals surface area contributed by atoms with Crippen LogP contribution in [0.1, 0.15) is 11.1 Å². The smallest absolute Gasteiger partial charge is 0.148 e. The van der Waals surface area contributed by atoms with Gasteiger partial charge in [-0.25, -0.2) is 9.97 Å². The average Bonchev–Trinajstić information content (AvgIpc) is 3.47. The van der Waals surface area contributed by atoms with Crippen LogP contribution in [0.3, 0.4) is 0 Å². The summed E-state index contributed by atoms with van der Waals surface area (Å²) in [6.07, 6.45) is 5.50. The molecule has 4 aromatic carbocycles. The van der Waals surface area contributed by atoms with E-state index in [1.165, 1.54) is 21.9 Å². The van der Waals surface area contributed by atoms with Gasteiger partial charge in [0.15, 0.2) is 0 Å². The largest absolute Gasteiger partial charge is 0.457 e. The van der Waals surface area contributed by atoms with Crippen molar-refractivity contribution in [1.82, 2.24) is 24.3 Å². The van der Waals surface area contributed by atoms with E-state index in [2.05, 4.69) is 105 Å². The Hall–Kier alpha value is -5.66. The van der Waals surface area contributed by atoms with Crippen LogP contribution in [0.2, 0.25) is 19.6 Å². The molecule has 0 spiro atoms. The van der Waals surface area contributed by atoms with Crippen LogP contribution in [-0.2, 0) is 0 Å². The van der Waals surface area contributed by atoms with Gasteiger partial charge in [-0.3, -0.25) is 14.4 Å². The fourth-order valence-electron chi connectivity index (χ4n) is 6.63. The first kappa shape index (κ1) is 29.7. The molecule has 0 fully saturated rings. The first-order chi connectivity index (χ1) is 23.2. The van der Waals surface area contributed by atoms with Gasteiger partial charge in [-0.1, -0.05) is 68.2 Å². The first-order valence-corrected chi connectivity index (χ1v) is 19.7. The van der Waals surface area contributed by atoms with Crippen molar-refractivity contribution in [3.8, 4) is 45.1 Å². The van der Waals surface area contributed by atoms with Crippen LogP contribution in [0.25, 0.3) is 61.2 Å². The second-order valence-electron chi connectivity index (χ2n) is 13.4. The number of fused-ring (bicyclic) bond motifs is 5. The number of nitrogens with zero attached hydrogens (tertiary/aromatic N) is 5. The molecule has 48 heavy (non-hydrogen) atoms. The molecule has 0 atom stereocenters. The quantitative estimate of drug-likeness (QED) is 0.169. The molecular formula is C41H35N5OSi. The molecule has 4 aromatic heterocycles. The molecular weight excluding hydrogens is 607 g/mol. The third kappa shape index (κ3) is 5.32. The summed E-state index contributed by atoms with van der Waals surface area (Å²) in [5.74, 6) is 1.62. The molecule has 6 nitrogen and oxygen atoms in total. The van der Waals surface area contributed by atoms with Gasteiger partial charge in [-0.05, 0) is 95.9 Å². The maximum Gasteiger partial charge on any atom is 0.148 e. The van der Waals surface area contributed by atoms with Crippen molar-refractivity contribution >= 4 is 40.8 Å². The van der Waals surface area contributed by atoms with Gasteiger partial charge in [0, 0.05) is 22.7 Å². The standard InChI is InChI=1S/C41H35N5OSi/c1-26-11-10-12-27(2)40(26)30-19-29(33-13-8-9-18-42-33)20-31(21-30)47-38-22-28(16-17-39(38)48(3,4)5)35-23-32-36(24-43-35)44-25-46-37-15-7-6-14-34(37)45-41(32)46/h6-25H,1-5H3. The maximum atomic E-state index is 6.95. The zero-order chi connectivity index (χ0) is 33.0. The summed E-state index contributed by atoms with van der Waals surface area (Å²) in [5.41, 5.74) is 12.1. The number of para-hydroxylation sites is 2. The van der Waals surface area contributed by atoms with E-state index in [1.54, 1.807) is 0 Å². The van der Waals surface area contributed by atoms with Crippen molar-refractivity contribution in [1.29, 1.82) is 0 Å². The number of hydrogen-bond donors (Lipinski definition) is 0. The summed E-state index contributed by atoms with van der Waals surface area (Å²) in [4.78, 5) is 19.2. The minimum Gasteiger partial charge on any atom is -0.457 e. The van der Waals surface area contributed by atoms with Crippen molar-refractivity contribution in [2.75, 3.05) is 0 Å². The molecule has 0 saturated carbocycles. The number of pyridine rings is 2. The third-order valence-electron chi connectivity index (χ3n) is 8.98. The predicted molar refractivity (Wildman–Crippen MR) is 199 cm³/mol. The lowest BCUT2D eigenvalue weighted by Crippen LogP contribution is -2.38. The number of benzene rings is 4. The van der Waals surface area contributed by atoms with Crippen LogP contribution >= 0.6 is 0 Å². The fraction of sp³-hybridized carbons (Fsp3) is 0.122. The van der Waals surface area contributed by atoms with Crippen LogP contribution < -0.4 is 9.92 Å². The summed E-state index contributed by atoms with van der Waals surface area (Å²) in [6.45, 7) is 11.4. The molecule has 8 aromatic rings. The van der Waals surface area contributed by atoms with Crippen molar-refractivity contribution in [3.63, 3.8) is 0 Å². The van der Waals surface area contributed by atoms with Crippen molar-refractivity contribution in [2.45, 2.75) is 33.5 Å². The topological polar surface area (TPSA) is 65.2 Å². The summed E-state index contributed by atoms with van der Waals surface area (Å²) < 4.78 is 9.00. The third-order valence-corrected chi connectivity index (χ3v) is 11.0. The second kappa shape index (κ2) is 11.5. The molecule has 0 aliphatic heterocycles. The minimum absolute atomic E-state index is 0.772. The molecule has 8 rings (SSSR count). The lowest BCUT2D eigenvalue weighted by molar-refractivity contribution is 0.487. The second-order valence-corrected chi connectivity index (χ2v) is 18.5. The summed E-state index contributed by atoms with van der Waals surface area (Å²) in [7, 11) is -1.81. The molecule has 0 unspecified atom stereocenters. The highest BCUT2D eigenvalue weighted by Gasteiger charge is 2.23. The maximum absolute atomic E-state index is 6.95. The van der Waals surface area contributed by atoms with E-state index in [4.69, 9.17) is 19.7 Å². The van der Waals surface area contributed by atoms with Gasteiger partial charge in [0.25, 0.3) is 0 Å². The molecule has 4 heterocycles. The Morgan fingerprint density at radius 3 is 2.23 bits per heavy atom. The molecule has 0 aliphatic rings. The van der Waals surface area contributed by atoms with Crippen LogP contribution in [0.5, 0.6) is 11.5 Å². The van der Waals surface area contributed by atoms with Gasteiger partial charge in [-0.2, -0.15) is 0 Å². The average molecular weight is 642 g/mol. The number of ether oxygens (including phenoxy) is 1. The molecule has 0 N–H and O–H groups in total. The van der Waals surface area contributed by atoms with Gasteiger partial charge in [0.1, 0.15) is 23.5 Å². The molecule has 0 amide bonds. The Morgan fingerprint density at radius 2 is 1.44 bits per heavy atom. The Morgan fingerprint density at radius 1 is 0.646 bits per heavy atom. The van der Waals surface area contributed by atoms with Gasteiger partial charge in [-0.15, -0.1) is 0 Å². The number of hydrogen-bond acceptors (Lipinski definition) is 5. The van der Waals surface area contributed by atoms with E-state index in [-0.39, 0.29) is 0 Å². The van der Waals surface area contributed by atoms with E-state index < -0.39 is 8.07 Å². The van der Waals surface area contributed by atoms with E-state index in [0.29, 0.717) is 0 Å². The molecule has 0 saturated heterocycles. The van der Waals surface area contributed by atoms with Gasteiger partial charge >= 0.3 is 0 Å². The fourth-order valence-corrected chi connectivity index (χ4v) is 8.07. The normalized spacial score (nSPS) is 11.9. The Bertz CT molecular complexity index is 2480. The van der Waals surface area contributed by atoms with Crippen LogP contribution in [0.15, 0.2) is 122 Å². The Balaban J connectivity index is 1.27. The van der Waals surface area contributed by atoms with Crippen molar-refractivity contribution in [2.24, 2.45) is 0 Å². The highest BCUT2D eigenvalue weighted by atomic mass is 28.3. The summed E-state index contributed by atoms with van der Waals surface area (Å²) in [5, 5.41) is 2.20. The monoisotopic (exact) mass is 641 g/mol.